The quantitative estimate of drug-likeness (QED) is 0.714. The second-order valence-electron chi connectivity index (χ2n) is 8.62. The van der Waals surface area contributed by atoms with Gasteiger partial charge in [0.15, 0.2) is 9.84 Å². The van der Waals surface area contributed by atoms with Crippen molar-refractivity contribution in [1.82, 2.24) is 9.55 Å². The van der Waals surface area contributed by atoms with Crippen LogP contribution in [0, 0.1) is 5.92 Å². The van der Waals surface area contributed by atoms with Gasteiger partial charge in [0.1, 0.15) is 5.52 Å². The van der Waals surface area contributed by atoms with E-state index in [2.05, 4.69) is 9.88 Å². The lowest BCUT2D eigenvalue weighted by molar-refractivity contribution is 0.587. The zero-order chi connectivity index (χ0) is 20.5. The maximum atomic E-state index is 12.9. The van der Waals surface area contributed by atoms with Crippen LogP contribution in [-0.4, -0.2) is 29.8 Å². The molecule has 2 aromatic heterocycles. The van der Waals surface area contributed by atoms with E-state index in [0.29, 0.717) is 22.9 Å². The number of aryl methyl sites for hydroxylation is 1. The molecule has 1 saturated carbocycles. The molecule has 0 unspecified atom stereocenters. The standard InChI is InChI=1S/C22H25N3O3S/c1-13(2)29(27,28)16-6-7-19-17(8-16)18-12-24(3)22(26)21-20(18)15(9-23-21)11-25(19)10-14-4-5-14/h6-9,12-14,23H,4-5,10-11H2,1-3H3. The number of pyridine rings is 1. The van der Waals surface area contributed by atoms with Crippen molar-refractivity contribution >= 4 is 26.4 Å². The van der Waals surface area contributed by atoms with Crippen LogP contribution in [0.1, 0.15) is 32.3 Å². The lowest BCUT2D eigenvalue weighted by Crippen LogP contribution is -2.25. The van der Waals surface area contributed by atoms with Gasteiger partial charge >= 0.3 is 0 Å². The first kappa shape index (κ1) is 18.5. The smallest absolute Gasteiger partial charge is 0.274 e. The summed E-state index contributed by atoms with van der Waals surface area (Å²) in [6, 6.07) is 5.47. The summed E-state index contributed by atoms with van der Waals surface area (Å²) in [6.45, 7) is 5.06. The first-order valence-electron chi connectivity index (χ1n) is 10.1. The van der Waals surface area contributed by atoms with E-state index in [1.807, 2.05) is 18.5 Å². The summed E-state index contributed by atoms with van der Waals surface area (Å²) in [5.41, 5.74) is 4.42. The first-order chi connectivity index (χ1) is 13.8. The van der Waals surface area contributed by atoms with Crippen molar-refractivity contribution in [2.45, 2.75) is 43.4 Å². The van der Waals surface area contributed by atoms with Gasteiger partial charge in [-0.25, -0.2) is 8.42 Å². The van der Waals surface area contributed by atoms with Crippen molar-refractivity contribution in [2.75, 3.05) is 11.4 Å². The van der Waals surface area contributed by atoms with Crippen LogP contribution in [0.5, 0.6) is 0 Å². The predicted molar refractivity (Wildman–Crippen MR) is 115 cm³/mol. The zero-order valence-corrected chi connectivity index (χ0v) is 17.7. The molecule has 0 amide bonds. The van der Waals surface area contributed by atoms with E-state index in [1.54, 1.807) is 37.6 Å². The molecule has 0 bridgehead atoms. The van der Waals surface area contributed by atoms with Crippen molar-refractivity contribution in [3.05, 3.63) is 46.5 Å². The van der Waals surface area contributed by atoms with Gasteiger partial charge in [-0.15, -0.1) is 0 Å². The van der Waals surface area contributed by atoms with Gasteiger partial charge in [-0.2, -0.15) is 0 Å². The number of hydrogen-bond acceptors (Lipinski definition) is 4. The molecular formula is C22H25N3O3S. The topological polar surface area (TPSA) is 75.2 Å². The van der Waals surface area contributed by atoms with Gasteiger partial charge in [0, 0.05) is 54.7 Å². The van der Waals surface area contributed by atoms with Gasteiger partial charge in [-0.3, -0.25) is 4.79 Å². The third kappa shape index (κ3) is 2.82. The van der Waals surface area contributed by atoms with Gasteiger partial charge in [0.05, 0.1) is 10.1 Å². The molecule has 1 fully saturated rings. The molecule has 1 aliphatic carbocycles. The summed E-state index contributed by atoms with van der Waals surface area (Å²) in [5, 5.41) is 0.420. The lowest BCUT2D eigenvalue weighted by atomic mass is 10.0. The molecule has 7 heteroatoms. The molecule has 29 heavy (non-hydrogen) atoms. The maximum absolute atomic E-state index is 12.9. The monoisotopic (exact) mass is 411 g/mol. The van der Waals surface area contributed by atoms with Crippen LogP contribution in [0.25, 0.3) is 22.0 Å². The normalized spacial score (nSPS) is 16.3. The minimum Gasteiger partial charge on any atom is -0.366 e. The highest BCUT2D eigenvalue weighted by molar-refractivity contribution is 7.92. The fourth-order valence-electron chi connectivity index (χ4n) is 4.28. The molecule has 1 aromatic carbocycles. The summed E-state index contributed by atoms with van der Waals surface area (Å²) in [5.74, 6) is 0.684. The summed E-state index contributed by atoms with van der Waals surface area (Å²) in [7, 11) is -1.66. The molecule has 3 aromatic rings. The van der Waals surface area contributed by atoms with Crippen LogP contribution >= 0.6 is 0 Å². The Kier molecular flexibility index (Phi) is 3.97. The summed E-state index contributed by atoms with van der Waals surface area (Å²) in [6.07, 6.45) is 6.24. The Bertz CT molecular complexity index is 1300. The summed E-state index contributed by atoms with van der Waals surface area (Å²) < 4.78 is 27.3. The fraction of sp³-hybridized carbons (Fsp3) is 0.409. The zero-order valence-electron chi connectivity index (χ0n) is 16.9. The Labute approximate surface area is 170 Å². The van der Waals surface area contributed by atoms with Gasteiger partial charge in [0.25, 0.3) is 5.56 Å². The lowest BCUT2D eigenvalue weighted by Gasteiger charge is -2.26. The van der Waals surface area contributed by atoms with Crippen molar-refractivity contribution < 1.29 is 8.42 Å². The first-order valence-corrected chi connectivity index (χ1v) is 11.6. The number of nitrogens with one attached hydrogen (secondary N) is 1. The van der Waals surface area contributed by atoms with Crippen molar-refractivity contribution in [1.29, 1.82) is 0 Å². The minimum absolute atomic E-state index is 0.0712. The SMILES string of the molecule is CC(C)S(=O)(=O)c1ccc2c(c1)-c1cn(C)c(=O)c3[nH]cc(c13)CN2CC1CC1. The average molecular weight is 412 g/mol. The van der Waals surface area contributed by atoms with Crippen LogP contribution in [0.15, 0.2) is 40.3 Å². The number of aromatic nitrogens is 2. The van der Waals surface area contributed by atoms with Crippen LogP contribution in [0.4, 0.5) is 5.69 Å². The van der Waals surface area contributed by atoms with E-state index < -0.39 is 15.1 Å². The number of aromatic amines is 1. The van der Waals surface area contributed by atoms with Crippen LogP contribution in [0.2, 0.25) is 0 Å². The second kappa shape index (κ2) is 6.23. The third-order valence-corrected chi connectivity index (χ3v) is 8.33. The van der Waals surface area contributed by atoms with Gasteiger partial charge in [0.2, 0.25) is 0 Å². The third-order valence-electron chi connectivity index (χ3n) is 6.17. The van der Waals surface area contributed by atoms with Gasteiger partial charge in [-0.05, 0) is 56.4 Å². The predicted octanol–water partition coefficient (Wildman–Crippen LogP) is 3.45. The van der Waals surface area contributed by atoms with E-state index in [9.17, 15) is 13.2 Å². The Morgan fingerprint density at radius 1 is 1.21 bits per heavy atom. The molecule has 6 nitrogen and oxygen atoms in total. The molecule has 0 atom stereocenters. The van der Waals surface area contributed by atoms with E-state index in [4.69, 9.17) is 0 Å². The second-order valence-corrected chi connectivity index (χ2v) is 11.1. The highest BCUT2D eigenvalue weighted by Gasteiger charge is 2.30. The van der Waals surface area contributed by atoms with E-state index in [1.165, 1.54) is 12.8 Å². The average Bonchev–Trinajstić information content (AvgIpc) is 3.42. The molecule has 1 N–H and O–H groups in total. The number of anilines is 1. The molecule has 152 valence electrons. The number of fused-ring (bicyclic) bond motifs is 2. The number of rotatable bonds is 4. The van der Waals surface area contributed by atoms with Crippen molar-refractivity contribution in [2.24, 2.45) is 13.0 Å². The molecule has 5 rings (SSSR count). The molecular weight excluding hydrogens is 386 g/mol. The minimum atomic E-state index is -3.40. The van der Waals surface area contributed by atoms with E-state index in [0.717, 1.165) is 34.3 Å². The maximum Gasteiger partial charge on any atom is 0.274 e. The Hall–Kier alpha value is -2.54. The Morgan fingerprint density at radius 3 is 2.66 bits per heavy atom. The number of benzene rings is 1. The Morgan fingerprint density at radius 2 is 1.97 bits per heavy atom. The van der Waals surface area contributed by atoms with Crippen molar-refractivity contribution in [3.8, 4) is 11.1 Å². The number of nitrogens with zero attached hydrogens (tertiary/aromatic N) is 2. The number of hydrogen-bond donors (Lipinski definition) is 1. The molecule has 1 aliphatic heterocycles. The molecule has 2 aliphatic rings. The van der Waals surface area contributed by atoms with Gasteiger partial charge in [-0.1, -0.05) is 0 Å². The molecule has 0 spiro atoms. The van der Waals surface area contributed by atoms with E-state index in [-0.39, 0.29) is 5.56 Å². The molecule has 0 radical (unpaired) electrons. The Balaban J connectivity index is 1.82. The van der Waals surface area contributed by atoms with Gasteiger partial charge < -0.3 is 14.5 Å². The van der Waals surface area contributed by atoms with Crippen molar-refractivity contribution in [3.63, 3.8) is 0 Å². The van der Waals surface area contributed by atoms with Crippen LogP contribution < -0.4 is 10.5 Å². The summed E-state index contributed by atoms with van der Waals surface area (Å²) >= 11 is 0. The highest BCUT2D eigenvalue weighted by atomic mass is 32.2. The number of sulfone groups is 1. The van der Waals surface area contributed by atoms with Crippen LogP contribution in [-0.2, 0) is 23.4 Å². The summed E-state index contributed by atoms with van der Waals surface area (Å²) in [4.78, 5) is 18.5. The fourth-order valence-corrected chi connectivity index (χ4v) is 5.37. The molecule has 0 saturated heterocycles. The van der Waals surface area contributed by atoms with E-state index >= 15 is 0 Å². The largest absolute Gasteiger partial charge is 0.366 e. The molecule has 3 heterocycles. The van der Waals surface area contributed by atoms with Crippen LogP contribution in [0.3, 0.4) is 0 Å². The highest BCUT2D eigenvalue weighted by Crippen LogP contribution is 2.43. The number of H-pyrrole nitrogens is 1.